The van der Waals surface area contributed by atoms with E-state index in [2.05, 4.69) is 22.5 Å². The van der Waals surface area contributed by atoms with Gasteiger partial charge in [0.2, 0.25) is 5.91 Å². The molecule has 2 aromatic rings. The molecule has 2 atom stereocenters. The number of hydrogen-bond acceptors (Lipinski definition) is 6. The Bertz CT molecular complexity index is 937. The quantitative estimate of drug-likeness (QED) is 0.297. The first-order valence-electron chi connectivity index (χ1n) is 10.0. The first kappa shape index (κ1) is 24.4. The monoisotopic (exact) mass is 438 g/mol. The highest BCUT2D eigenvalue weighted by molar-refractivity contribution is 5.94. The lowest BCUT2D eigenvalue weighted by Crippen LogP contribution is -2.50. The molecule has 8 heteroatoms. The number of alkyl carbamates (subject to hydrolysis) is 1. The number of aliphatic hydroxyl groups excluding tert-OH is 1. The lowest BCUT2D eigenvalue weighted by atomic mass is 10.1. The van der Waals surface area contributed by atoms with E-state index < -0.39 is 36.5 Å². The summed E-state index contributed by atoms with van der Waals surface area (Å²) < 4.78 is 10.2. The van der Waals surface area contributed by atoms with Crippen molar-refractivity contribution in [2.75, 3.05) is 6.54 Å². The van der Waals surface area contributed by atoms with Crippen molar-refractivity contribution >= 4 is 18.0 Å². The first-order valence-corrected chi connectivity index (χ1v) is 10.0. The average molecular weight is 438 g/mol. The second-order valence-electron chi connectivity index (χ2n) is 6.78. The van der Waals surface area contributed by atoms with Gasteiger partial charge in [0, 0.05) is 6.54 Å². The van der Waals surface area contributed by atoms with Crippen molar-refractivity contribution in [1.82, 2.24) is 10.6 Å². The van der Waals surface area contributed by atoms with Crippen molar-refractivity contribution in [3.8, 4) is 11.8 Å². The number of ether oxygens (including phenoxy) is 2. The molecular formula is C24H26N2O6. The number of carbonyl (C=O) groups is 3. The van der Waals surface area contributed by atoms with Crippen LogP contribution >= 0.6 is 0 Å². The van der Waals surface area contributed by atoms with E-state index in [-0.39, 0.29) is 19.8 Å². The van der Waals surface area contributed by atoms with Gasteiger partial charge in [-0.15, -0.1) is 5.92 Å². The number of nitrogens with one attached hydrogen (secondary N) is 2. The number of rotatable bonds is 10. The van der Waals surface area contributed by atoms with Crippen molar-refractivity contribution in [2.45, 2.75) is 38.7 Å². The highest BCUT2D eigenvalue weighted by atomic mass is 16.5. The Morgan fingerprint density at radius 1 is 0.938 bits per heavy atom. The SMILES string of the molecule is CC#C[C@@H](O)[C@H](CNC(=O)OCc1ccccc1)NC(=O)CC(=O)OCc1ccccc1. The second kappa shape index (κ2) is 13.5. The summed E-state index contributed by atoms with van der Waals surface area (Å²) in [4.78, 5) is 36.1. The molecule has 2 amide bonds. The molecule has 0 saturated carbocycles. The highest BCUT2D eigenvalue weighted by Gasteiger charge is 2.22. The van der Waals surface area contributed by atoms with Crippen LogP contribution in [0.2, 0.25) is 0 Å². The summed E-state index contributed by atoms with van der Waals surface area (Å²) in [6.45, 7) is 1.52. The van der Waals surface area contributed by atoms with Crippen LogP contribution in [0.15, 0.2) is 60.7 Å². The van der Waals surface area contributed by atoms with Crippen molar-refractivity contribution in [1.29, 1.82) is 0 Å². The van der Waals surface area contributed by atoms with Gasteiger partial charge in [-0.05, 0) is 18.1 Å². The number of benzene rings is 2. The average Bonchev–Trinajstić information content (AvgIpc) is 2.80. The molecule has 0 saturated heterocycles. The van der Waals surface area contributed by atoms with Crippen LogP contribution in [-0.2, 0) is 32.3 Å². The normalized spacial score (nSPS) is 11.8. The summed E-state index contributed by atoms with van der Waals surface area (Å²) in [7, 11) is 0. The topological polar surface area (TPSA) is 114 Å². The summed E-state index contributed by atoms with van der Waals surface area (Å²) in [5.74, 6) is 3.69. The van der Waals surface area contributed by atoms with Gasteiger partial charge in [0.15, 0.2) is 0 Å². The number of esters is 1. The number of amides is 2. The first-order chi connectivity index (χ1) is 15.5. The minimum atomic E-state index is -1.25. The summed E-state index contributed by atoms with van der Waals surface area (Å²) >= 11 is 0. The highest BCUT2D eigenvalue weighted by Crippen LogP contribution is 2.03. The second-order valence-corrected chi connectivity index (χ2v) is 6.78. The van der Waals surface area contributed by atoms with E-state index in [1.165, 1.54) is 6.92 Å². The summed E-state index contributed by atoms with van der Waals surface area (Å²) in [5, 5.41) is 15.1. The van der Waals surface area contributed by atoms with E-state index >= 15 is 0 Å². The molecule has 8 nitrogen and oxygen atoms in total. The predicted molar refractivity (Wildman–Crippen MR) is 117 cm³/mol. The fraction of sp³-hybridized carbons (Fsp3) is 0.292. The van der Waals surface area contributed by atoms with E-state index in [0.29, 0.717) is 0 Å². The molecule has 0 aromatic heterocycles. The Labute approximate surface area is 186 Å². The van der Waals surface area contributed by atoms with E-state index in [0.717, 1.165) is 11.1 Å². The Kier molecular flexibility index (Phi) is 10.3. The van der Waals surface area contributed by atoms with E-state index in [9.17, 15) is 19.5 Å². The zero-order valence-electron chi connectivity index (χ0n) is 17.7. The standard InChI is InChI=1S/C24H26N2O6/c1-2-9-21(27)20(15-25-24(30)32-17-19-12-7-4-8-13-19)26-22(28)14-23(29)31-16-18-10-5-3-6-11-18/h3-8,10-13,20-21,27H,14-17H2,1H3,(H,25,30)(H,26,28)/t20-,21+/m0/s1. The molecule has 0 fully saturated rings. The van der Waals surface area contributed by atoms with Crippen molar-refractivity contribution < 1.29 is 29.0 Å². The Hall–Kier alpha value is -3.83. The minimum Gasteiger partial charge on any atom is -0.460 e. The maximum absolute atomic E-state index is 12.2. The molecule has 2 aromatic carbocycles. The smallest absolute Gasteiger partial charge is 0.407 e. The van der Waals surface area contributed by atoms with Crippen molar-refractivity contribution in [3.05, 3.63) is 71.8 Å². The van der Waals surface area contributed by atoms with Crippen LogP contribution in [0, 0.1) is 11.8 Å². The fourth-order valence-electron chi connectivity index (χ4n) is 2.64. The third kappa shape index (κ3) is 9.32. The summed E-state index contributed by atoms with van der Waals surface area (Å²) in [5.41, 5.74) is 1.62. The Balaban J connectivity index is 1.80. The van der Waals surface area contributed by atoms with Crippen molar-refractivity contribution in [3.63, 3.8) is 0 Å². The fourth-order valence-corrected chi connectivity index (χ4v) is 2.64. The molecule has 0 aliphatic rings. The van der Waals surface area contributed by atoms with Crippen LogP contribution in [0.5, 0.6) is 0 Å². The van der Waals surface area contributed by atoms with Gasteiger partial charge in [-0.25, -0.2) is 4.79 Å². The van der Waals surface area contributed by atoms with E-state index in [1.807, 2.05) is 48.5 Å². The predicted octanol–water partition coefficient (Wildman–Crippen LogP) is 1.92. The van der Waals surface area contributed by atoms with E-state index in [1.54, 1.807) is 12.1 Å². The molecule has 168 valence electrons. The number of hydrogen-bond donors (Lipinski definition) is 3. The molecular weight excluding hydrogens is 412 g/mol. The molecule has 2 rings (SSSR count). The largest absolute Gasteiger partial charge is 0.460 e. The Morgan fingerprint density at radius 2 is 1.50 bits per heavy atom. The van der Waals surface area contributed by atoms with Gasteiger partial charge >= 0.3 is 12.1 Å². The molecule has 3 N–H and O–H groups in total. The molecule has 32 heavy (non-hydrogen) atoms. The lowest BCUT2D eigenvalue weighted by molar-refractivity contribution is -0.147. The third-order valence-corrected chi connectivity index (χ3v) is 4.25. The van der Waals surface area contributed by atoms with Gasteiger partial charge in [0.1, 0.15) is 25.7 Å². The maximum atomic E-state index is 12.2. The number of aliphatic hydroxyl groups is 1. The summed E-state index contributed by atoms with van der Waals surface area (Å²) in [6, 6.07) is 17.3. The third-order valence-electron chi connectivity index (χ3n) is 4.25. The molecule has 0 aliphatic heterocycles. The molecule has 0 radical (unpaired) electrons. The zero-order chi connectivity index (χ0) is 23.2. The van der Waals surface area contributed by atoms with Crippen molar-refractivity contribution in [2.24, 2.45) is 0 Å². The Morgan fingerprint density at radius 3 is 2.06 bits per heavy atom. The van der Waals surface area contributed by atoms with Gasteiger partial charge in [-0.2, -0.15) is 0 Å². The minimum absolute atomic E-state index is 0.0507. The molecule has 0 bridgehead atoms. The van der Waals surface area contributed by atoms with Crippen LogP contribution < -0.4 is 10.6 Å². The van der Waals surface area contributed by atoms with Gasteiger partial charge in [0.25, 0.3) is 0 Å². The molecule has 0 unspecified atom stereocenters. The van der Waals surface area contributed by atoms with Crippen LogP contribution in [-0.4, -0.2) is 41.8 Å². The van der Waals surface area contributed by atoms with Crippen LogP contribution in [0.25, 0.3) is 0 Å². The van der Waals surface area contributed by atoms with Gasteiger partial charge < -0.3 is 25.2 Å². The summed E-state index contributed by atoms with van der Waals surface area (Å²) in [6.07, 6.45) is -2.50. The van der Waals surface area contributed by atoms with E-state index in [4.69, 9.17) is 9.47 Å². The van der Waals surface area contributed by atoms with Crippen LogP contribution in [0.3, 0.4) is 0 Å². The van der Waals surface area contributed by atoms with Gasteiger partial charge in [-0.3, -0.25) is 9.59 Å². The zero-order valence-corrected chi connectivity index (χ0v) is 17.7. The molecule has 0 aliphatic carbocycles. The lowest BCUT2D eigenvalue weighted by Gasteiger charge is -2.21. The van der Waals surface area contributed by atoms with Crippen LogP contribution in [0.1, 0.15) is 24.5 Å². The molecule has 0 spiro atoms. The number of carbonyl (C=O) groups excluding carboxylic acids is 3. The maximum Gasteiger partial charge on any atom is 0.407 e. The van der Waals surface area contributed by atoms with Gasteiger partial charge in [0.05, 0.1) is 6.04 Å². The van der Waals surface area contributed by atoms with Gasteiger partial charge in [-0.1, -0.05) is 66.6 Å². The van der Waals surface area contributed by atoms with Crippen LogP contribution in [0.4, 0.5) is 4.79 Å². The molecule has 0 heterocycles.